The van der Waals surface area contributed by atoms with Crippen molar-refractivity contribution in [3.05, 3.63) is 35.6 Å². The fourth-order valence-electron chi connectivity index (χ4n) is 2.94. The predicted molar refractivity (Wildman–Crippen MR) is 106 cm³/mol. The van der Waals surface area contributed by atoms with Crippen molar-refractivity contribution in [2.24, 2.45) is 5.92 Å². The highest BCUT2D eigenvalue weighted by Crippen LogP contribution is 2.24. The zero-order valence-electron chi connectivity index (χ0n) is 16.2. The van der Waals surface area contributed by atoms with Crippen molar-refractivity contribution in [1.29, 1.82) is 0 Å². The topological polar surface area (TPSA) is 64.5 Å². The van der Waals surface area contributed by atoms with Gasteiger partial charge in [0.25, 0.3) is 0 Å². The average molecular weight is 390 g/mol. The maximum absolute atomic E-state index is 12.1. The zero-order chi connectivity index (χ0) is 19.3. The quantitative estimate of drug-likeness (QED) is 0.760. The maximum Gasteiger partial charge on any atom is 0.410 e. The van der Waals surface area contributed by atoms with Crippen LogP contribution in [0.5, 0.6) is 0 Å². The fraction of sp³-hybridized carbons (Fsp3) is 0.550. The summed E-state index contributed by atoms with van der Waals surface area (Å²) in [7, 11) is 0. The van der Waals surface area contributed by atoms with Gasteiger partial charge < -0.3 is 14.4 Å². The molecule has 0 saturated carbocycles. The van der Waals surface area contributed by atoms with Gasteiger partial charge in [0.05, 0.1) is 18.9 Å². The van der Waals surface area contributed by atoms with Gasteiger partial charge in [0.2, 0.25) is 0 Å². The molecule has 0 aliphatic carbocycles. The standard InChI is InChI=1S/C20H27N3O3S/c1-20(2,3)26-19(24)23-10-6-15(7-11-23)12-25-13-17-14-27-18(22-17)16-4-8-21-9-5-16/h4-5,8-9,14-15H,6-7,10-13H2,1-3H3. The lowest BCUT2D eigenvalue weighted by atomic mass is 9.98. The molecule has 1 saturated heterocycles. The van der Waals surface area contributed by atoms with Crippen molar-refractivity contribution in [2.45, 2.75) is 45.8 Å². The number of carbonyl (C=O) groups is 1. The molecule has 2 aromatic heterocycles. The third-order valence-electron chi connectivity index (χ3n) is 4.35. The second-order valence-electron chi connectivity index (χ2n) is 7.81. The van der Waals surface area contributed by atoms with Crippen LogP contribution in [0.1, 0.15) is 39.3 Å². The second-order valence-corrected chi connectivity index (χ2v) is 8.66. The Bertz CT molecular complexity index is 734. The Morgan fingerprint density at radius 1 is 1.26 bits per heavy atom. The van der Waals surface area contributed by atoms with Crippen LogP contribution in [0.25, 0.3) is 10.6 Å². The smallest absolute Gasteiger partial charge is 0.410 e. The number of carbonyl (C=O) groups excluding carboxylic acids is 1. The zero-order valence-corrected chi connectivity index (χ0v) is 17.0. The molecule has 0 N–H and O–H groups in total. The first-order valence-corrected chi connectivity index (χ1v) is 10.2. The summed E-state index contributed by atoms with van der Waals surface area (Å²) in [6.45, 7) is 8.36. The highest BCUT2D eigenvalue weighted by Gasteiger charge is 2.26. The molecule has 1 aliphatic heterocycles. The predicted octanol–water partition coefficient (Wildman–Crippen LogP) is 4.37. The van der Waals surface area contributed by atoms with Crippen LogP contribution in [0, 0.1) is 5.92 Å². The molecule has 2 aromatic rings. The van der Waals surface area contributed by atoms with Gasteiger partial charge in [-0.25, -0.2) is 9.78 Å². The number of piperidine rings is 1. The number of ether oxygens (including phenoxy) is 2. The maximum atomic E-state index is 12.1. The second kappa shape index (κ2) is 8.80. The Morgan fingerprint density at radius 2 is 1.96 bits per heavy atom. The van der Waals surface area contributed by atoms with E-state index < -0.39 is 5.60 Å². The first-order valence-electron chi connectivity index (χ1n) is 9.31. The number of likely N-dealkylation sites (tertiary alicyclic amines) is 1. The summed E-state index contributed by atoms with van der Waals surface area (Å²) < 4.78 is 11.3. The number of nitrogens with zero attached hydrogens (tertiary/aromatic N) is 3. The van der Waals surface area contributed by atoms with Gasteiger partial charge in [-0.2, -0.15) is 0 Å². The van der Waals surface area contributed by atoms with Crippen LogP contribution in [-0.4, -0.2) is 46.3 Å². The first-order chi connectivity index (χ1) is 12.9. The summed E-state index contributed by atoms with van der Waals surface area (Å²) in [4.78, 5) is 22.6. The molecule has 0 radical (unpaired) electrons. The summed E-state index contributed by atoms with van der Waals surface area (Å²) in [5.41, 5.74) is 1.59. The highest BCUT2D eigenvalue weighted by molar-refractivity contribution is 7.13. The number of hydrogen-bond donors (Lipinski definition) is 0. The highest BCUT2D eigenvalue weighted by atomic mass is 32.1. The Morgan fingerprint density at radius 3 is 2.63 bits per heavy atom. The minimum atomic E-state index is -0.445. The van der Waals surface area contributed by atoms with E-state index in [0.717, 1.165) is 42.2 Å². The normalized spacial score (nSPS) is 15.7. The Labute approximate surface area is 164 Å². The van der Waals surface area contributed by atoms with E-state index in [4.69, 9.17) is 9.47 Å². The van der Waals surface area contributed by atoms with E-state index in [2.05, 4.69) is 9.97 Å². The van der Waals surface area contributed by atoms with Gasteiger partial charge in [0.1, 0.15) is 10.6 Å². The van der Waals surface area contributed by atoms with Crippen molar-refractivity contribution in [3.8, 4) is 10.6 Å². The van der Waals surface area contributed by atoms with E-state index in [0.29, 0.717) is 19.1 Å². The Balaban J connectivity index is 1.39. The van der Waals surface area contributed by atoms with Gasteiger partial charge >= 0.3 is 6.09 Å². The number of aromatic nitrogens is 2. The summed E-state index contributed by atoms with van der Waals surface area (Å²) >= 11 is 1.62. The lowest BCUT2D eigenvalue weighted by Gasteiger charge is -2.33. The summed E-state index contributed by atoms with van der Waals surface area (Å²) in [6.07, 6.45) is 5.22. The van der Waals surface area contributed by atoms with Gasteiger partial charge in [0, 0.05) is 36.4 Å². The molecule has 7 heteroatoms. The van der Waals surface area contributed by atoms with Crippen LogP contribution in [0.3, 0.4) is 0 Å². The van der Waals surface area contributed by atoms with Crippen molar-refractivity contribution in [3.63, 3.8) is 0 Å². The molecule has 0 aromatic carbocycles. The van der Waals surface area contributed by atoms with E-state index in [1.54, 1.807) is 28.6 Å². The lowest BCUT2D eigenvalue weighted by molar-refractivity contribution is 0.0103. The van der Waals surface area contributed by atoms with Crippen LogP contribution in [0.2, 0.25) is 0 Å². The van der Waals surface area contributed by atoms with E-state index in [9.17, 15) is 4.79 Å². The Kier molecular flexibility index (Phi) is 6.44. The van der Waals surface area contributed by atoms with Crippen LogP contribution in [-0.2, 0) is 16.1 Å². The molecular formula is C20H27N3O3S. The van der Waals surface area contributed by atoms with Crippen LogP contribution >= 0.6 is 11.3 Å². The van der Waals surface area contributed by atoms with Crippen molar-refractivity contribution in [1.82, 2.24) is 14.9 Å². The van der Waals surface area contributed by atoms with Gasteiger partial charge in [-0.3, -0.25) is 4.98 Å². The number of pyridine rings is 1. The third-order valence-corrected chi connectivity index (χ3v) is 5.29. The SMILES string of the molecule is CC(C)(C)OC(=O)N1CCC(COCc2csc(-c3ccncc3)n2)CC1. The van der Waals surface area contributed by atoms with E-state index in [1.165, 1.54) is 0 Å². The summed E-state index contributed by atoms with van der Waals surface area (Å²) in [5, 5.41) is 3.03. The van der Waals surface area contributed by atoms with Crippen molar-refractivity contribution >= 4 is 17.4 Å². The molecule has 3 rings (SSSR count). The summed E-state index contributed by atoms with van der Waals surface area (Å²) in [6, 6.07) is 3.92. The molecule has 0 unspecified atom stereocenters. The number of amides is 1. The lowest BCUT2D eigenvalue weighted by Crippen LogP contribution is -2.42. The van der Waals surface area contributed by atoms with Gasteiger partial charge in [0.15, 0.2) is 0 Å². The van der Waals surface area contributed by atoms with Gasteiger partial charge in [-0.1, -0.05) is 0 Å². The molecule has 0 atom stereocenters. The molecule has 3 heterocycles. The van der Waals surface area contributed by atoms with E-state index >= 15 is 0 Å². The molecule has 1 aliphatic rings. The Hall–Kier alpha value is -1.99. The average Bonchev–Trinajstić information content (AvgIpc) is 3.10. The van der Waals surface area contributed by atoms with Crippen LogP contribution < -0.4 is 0 Å². The molecule has 0 bridgehead atoms. The molecule has 27 heavy (non-hydrogen) atoms. The summed E-state index contributed by atoms with van der Waals surface area (Å²) in [5.74, 6) is 0.474. The van der Waals surface area contributed by atoms with Crippen molar-refractivity contribution < 1.29 is 14.3 Å². The molecule has 1 amide bonds. The first kappa shape index (κ1) is 19.8. The molecular weight excluding hydrogens is 362 g/mol. The number of hydrogen-bond acceptors (Lipinski definition) is 6. The number of thiazole rings is 1. The minimum Gasteiger partial charge on any atom is -0.444 e. The monoisotopic (exact) mass is 389 g/mol. The van der Waals surface area contributed by atoms with Gasteiger partial charge in [-0.05, 0) is 51.7 Å². The van der Waals surface area contributed by atoms with Crippen LogP contribution in [0.4, 0.5) is 4.79 Å². The van der Waals surface area contributed by atoms with Crippen molar-refractivity contribution in [2.75, 3.05) is 19.7 Å². The number of rotatable bonds is 5. The van der Waals surface area contributed by atoms with Gasteiger partial charge in [-0.15, -0.1) is 11.3 Å². The third kappa shape index (κ3) is 6.01. The molecule has 6 nitrogen and oxygen atoms in total. The van der Waals surface area contributed by atoms with Crippen LogP contribution in [0.15, 0.2) is 29.9 Å². The molecule has 146 valence electrons. The van der Waals surface area contributed by atoms with E-state index in [-0.39, 0.29) is 6.09 Å². The van der Waals surface area contributed by atoms with E-state index in [1.807, 2.05) is 38.3 Å². The molecule has 1 fully saturated rings. The molecule has 0 spiro atoms. The fourth-order valence-corrected chi connectivity index (χ4v) is 3.75. The minimum absolute atomic E-state index is 0.215. The largest absolute Gasteiger partial charge is 0.444 e.